The average Bonchev–Trinajstić information content (AvgIpc) is 3.05. The van der Waals surface area contributed by atoms with Crippen molar-refractivity contribution in [3.8, 4) is 5.75 Å². The van der Waals surface area contributed by atoms with Crippen LogP contribution in [0.15, 0.2) is 36.4 Å². The fraction of sp³-hybridized carbons (Fsp3) is 0.348. The number of ketones is 1. The van der Waals surface area contributed by atoms with Gasteiger partial charge in [-0.3, -0.25) is 9.69 Å². The molecular formula is C23H26ClN3O2. The maximum Gasteiger partial charge on any atom is 0.179 e. The molecule has 1 fully saturated rings. The fourth-order valence-electron chi connectivity index (χ4n) is 4.14. The summed E-state index contributed by atoms with van der Waals surface area (Å²) < 4.78 is 5.34. The minimum absolute atomic E-state index is 0.148. The van der Waals surface area contributed by atoms with E-state index in [0.717, 1.165) is 59.1 Å². The van der Waals surface area contributed by atoms with Crippen molar-refractivity contribution in [3.05, 3.63) is 58.2 Å². The Balaban J connectivity index is 1.46. The third-order valence-corrected chi connectivity index (χ3v) is 5.96. The van der Waals surface area contributed by atoms with Gasteiger partial charge in [-0.15, -0.1) is 0 Å². The second-order valence-corrected chi connectivity index (χ2v) is 8.09. The number of hydrogen-bond acceptors (Lipinski definition) is 4. The molecule has 2 aromatic carbocycles. The monoisotopic (exact) mass is 411 g/mol. The summed E-state index contributed by atoms with van der Waals surface area (Å²) in [6.45, 7) is 7.96. The van der Waals surface area contributed by atoms with Crippen LogP contribution in [0.1, 0.15) is 21.6 Å². The molecule has 3 aromatic rings. The number of aryl methyl sites for hydroxylation is 2. The molecule has 1 aromatic heterocycles. The summed E-state index contributed by atoms with van der Waals surface area (Å²) >= 11 is 6.18. The van der Waals surface area contributed by atoms with Gasteiger partial charge in [0.25, 0.3) is 0 Å². The molecule has 29 heavy (non-hydrogen) atoms. The number of hydrogen-bond donors (Lipinski definition) is 1. The van der Waals surface area contributed by atoms with Gasteiger partial charge in [-0.25, -0.2) is 0 Å². The zero-order valence-electron chi connectivity index (χ0n) is 17.1. The Hall–Kier alpha value is -2.50. The molecule has 6 heteroatoms. The highest BCUT2D eigenvalue weighted by atomic mass is 35.5. The smallest absolute Gasteiger partial charge is 0.179 e. The molecule has 152 valence electrons. The number of nitrogens with one attached hydrogen (secondary N) is 1. The van der Waals surface area contributed by atoms with Crippen molar-refractivity contribution in [1.29, 1.82) is 0 Å². The Morgan fingerprint density at radius 3 is 2.59 bits per heavy atom. The maximum atomic E-state index is 13.1. The third kappa shape index (κ3) is 3.98. The normalized spacial score (nSPS) is 15.1. The van der Waals surface area contributed by atoms with Crippen molar-refractivity contribution in [2.75, 3.05) is 44.7 Å². The van der Waals surface area contributed by atoms with Crippen LogP contribution in [0.2, 0.25) is 5.02 Å². The number of carbonyl (C=O) groups excluding carboxylic acids is 1. The number of anilines is 1. The van der Waals surface area contributed by atoms with Crippen LogP contribution in [-0.4, -0.2) is 55.5 Å². The molecule has 0 bridgehead atoms. The lowest BCUT2D eigenvalue weighted by Gasteiger charge is -2.36. The van der Waals surface area contributed by atoms with Gasteiger partial charge in [-0.2, -0.15) is 0 Å². The quantitative estimate of drug-likeness (QED) is 0.630. The minimum Gasteiger partial charge on any atom is -0.497 e. The second-order valence-electron chi connectivity index (χ2n) is 7.65. The number of methoxy groups -OCH3 is 1. The van der Waals surface area contributed by atoms with Crippen LogP contribution < -0.4 is 9.64 Å². The van der Waals surface area contributed by atoms with Crippen molar-refractivity contribution in [2.24, 2.45) is 0 Å². The molecule has 0 unspecified atom stereocenters. The number of benzene rings is 2. The number of halogens is 1. The highest BCUT2D eigenvalue weighted by Gasteiger charge is 2.23. The molecule has 1 saturated heterocycles. The Morgan fingerprint density at radius 2 is 1.86 bits per heavy atom. The van der Waals surface area contributed by atoms with Crippen LogP contribution in [0.3, 0.4) is 0 Å². The largest absolute Gasteiger partial charge is 0.497 e. The number of carbonyl (C=O) groups is 1. The SMILES string of the molecule is COc1ccc2[nH]c(C)c(C(=O)CN3CCN(c4cc(Cl)ccc4C)CC3)c2c1. The Bertz CT molecular complexity index is 1050. The molecule has 1 aliphatic rings. The van der Waals surface area contributed by atoms with Crippen LogP contribution in [-0.2, 0) is 0 Å². The molecule has 2 heterocycles. The van der Waals surface area contributed by atoms with Gasteiger partial charge in [-0.1, -0.05) is 17.7 Å². The summed E-state index contributed by atoms with van der Waals surface area (Å²) in [5.41, 5.74) is 5.05. The number of aromatic nitrogens is 1. The first-order chi connectivity index (χ1) is 14.0. The van der Waals surface area contributed by atoms with E-state index in [1.54, 1.807) is 7.11 Å². The van der Waals surface area contributed by atoms with Gasteiger partial charge >= 0.3 is 0 Å². The van der Waals surface area contributed by atoms with Crippen molar-refractivity contribution in [1.82, 2.24) is 9.88 Å². The molecule has 1 aliphatic heterocycles. The highest BCUT2D eigenvalue weighted by Crippen LogP contribution is 2.28. The number of aromatic amines is 1. The molecule has 0 spiro atoms. The van der Waals surface area contributed by atoms with E-state index in [4.69, 9.17) is 16.3 Å². The molecule has 0 atom stereocenters. The Kier molecular flexibility index (Phi) is 5.52. The Labute approximate surface area is 176 Å². The summed E-state index contributed by atoms with van der Waals surface area (Å²) in [7, 11) is 1.64. The Morgan fingerprint density at radius 1 is 1.10 bits per heavy atom. The first kappa shape index (κ1) is 19.8. The summed E-state index contributed by atoms with van der Waals surface area (Å²) in [6.07, 6.45) is 0. The average molecular weight is 412 g/mol. The molecular weight excluding hydrogens is 386 g/mol. The fourth-order valence-corrected chi connectivity index (χ4v) is 4.31. The predicted octanol–water partition coefficient (Wildman–Crippen LogP) is 4.45. The lowest BCUT2D eigenvalue weighted by Crippen LogP contribution is -2.48. The number of Topliss-reactive ketones (excluding diaryl/α,β-unsaturated/α-hetero) is 1. The van der Waals surface area contributed by atoms with E-state index >= 15 is 0 Å². The van der Waals surface area contributed by atoms with Crippen LogP contribution in [0.5, 0.6) is 5.75 Å². The minimum atomic E-state index is 0.148. The summed E-state index contributed by atoms with van der Waals surface area (Å²) in [4.78, 5) is 21.0. The molecule has 0 saturated carbocycles. The molecule has 0 radical (unpaired) electrons. The lowest BCUT2D eigenvalue weighted by molar-refractivity contribution is 0.0927. The van der Waals surface area contributed by atoms with E-state index in [1.165, 1.54) is 11.3 Å². The predicted molar refractivity (Wildman–Crippen MR) is 119 cm³/mol. The van der Waals surface area contributed by atoms with Gasteiger partial charge in [-0.05, 0) is 49.7 Å². The molecule has 1 N–H and O–H groups in total. The van der Waals surface area contributed by atoms with Gasteiger partial charge in [0, 0.05) is 59.0 Å². The second kappa shape index (κ2) is 8.09. The number of H-pyrrole nitrogens is 1. The number of rotatable bonds is 5. The topological polar surface area (TPSA) is 48.6 Å². The van der Waals surface area contributed by atoms with E-state index in [2.05, 4.69) is 27.8 Å². The number of ether oxygens (including phenoxy) is 1. The summed E-state index contributed by atoms with van der Waals surface area (Å²) in [6, 6.07) is 11.8. The van der Waals surface area contributed by atoms with Gasteiger partial charge in [0.05, 0.1) is 13.7 Å². The first-order valence-corrected chi connectivity index (χ1v) is 10.3. The third-order valence-electron chi connectivity index (χ3n) is 5.72. The highest BCUT2D eigenvalue weighted by molar-refractivity contribution is 6.30. The number of nitrogens with zero attached hydrogens (tertiary/aromatic N) is 2. The van der Waals surface area contributed by atoms with Gasteiger partial charge < -0.3 is 14.6 Å². The van der Waals surface area contributed by atoms with E-state index < -0.39 is 0 Å². The van der Waals surface area contributed by atoms with Crippen LogP contribution in [0.4, 0.5) is 5.69 Å². The zero-order valence-corrected chi connectivity index (χ0v) is 17.8. The van der Waals surface area contributed by atoms with E-state index in [1.807, 2.05) is 37.3 Å². The summed E-state index contributed by atoms with van der Waals surface area (Å²) in [5.74, 6) is 0.908. The van der Waals surface area contributed by atoms with Crippen molar-refractivity contribution < 1.29 is 9.53 Å². The lowest BCUT2D eigenvalue weighted by atomic mass is 10.1. The first-order valence-electron chi connectivity index (χ1n) is 9.89. The molecule has 5 nitrogen and oxygen atoms in total. The summed E-state index contributed by atoms with van der Waals surface area (Å²) in [5, 5.41) is 1.69. The number of fused-ring (bicyclic) bond motifs is 1. The molecule has 4 rings (SSSR count). The molecule has 0 amide bonds. The van der Waals surface area contributed by atoms with Crippen molar-refractivity contribution in [2.45, 2.75) is 13.8 Å². The van der Waals surface area contributed by atoms with Gasteiger partial charge in [0.1, 0.15) is 5.75 Å². The molecule has 0 aliphatic carbocycles. The maximum absolute atomic E-state index is 13.1. The van der Waals surface area contributed by atoms with Crippen LogP contribution in [0.25, 0.3) is 10.9 Å². The van der Waals surface area contributed by atoms with Crippen molar-refractivity contribution in [3.63, 3.8) is 0 Å². The van der Waals surface area contributed by atoms with Crippen molar-refractivity contribution >= 4 is 34.0 Å². The van der Waals surface area contributed by atoms with E-state index in [9.17, 15) is 4.79 Å². The van der Waals surface area contributed by atoms with Crippen LogP contribution >= 0.6 is 11.6 Å². The van der Waals surface area contributed by atoms with Gasteiger partial charge in [0.2, 0.25) is 0 Å². The van der Waals surface area contributed by atoms with E-state index in [-0.39, 0.29) is 5.78 Å². The number of piperazine rings is 1. The zero-order chi connectivity index (χ0) is 20.5. The van der Waals surface area contributed by atoms with E-state index in [0.29, 0.717) is 6.54 Å². The standard InChI is InChI=1S/C23H26ClN3O2/c1-15-4-5-17(24)12-21(15)27-10-8-26(9-11-27)14-22(28)23-16(2)25-20-7-6-18(29-3)13-19(20)23/h4-7,12-13,25H,8-11,14H2,1-3H3. The van der Waals surface area contributed by atoms with Crippen LogP contribution in [0, 0.1) is 13.8 Å². The van der Waals surface area contributed by atoms with Gasteiger partial charge in [0.15, 0.2) is 5.78 Å².